The number of unbranched alkanes of at least 4 members (excludes halogenated alkanes) is 2. The van der Waals surface area contributed by atoms with Crippen LogP contribution >= 0.6 is 0 Å². The van der Waals surface area contributed by atoms with Crippen molar-refractivity contribution in [3.05, 3.63) is 0 Å². The van der Waals surface area contributed by atoms with E-state index in [1.807, 2.05) is 0 Å². The molecule has 1 atom stereocenters. The largest absolute Gasteiger partial charge is 0.313 e. The first-order valence-electron chi connectivity index (χ1n) is 8.72. The van der Waals surface area contributed by atoms with Crippen molar-refractivity contribution in [3.8, 4) is 0 Å². The highest BCUT2D eigenvalue weighted by Gasteiger charge is 2.19. The molecular weight excluding hydrogens is 246 g/mol. The molecule has 3 nitrogen and oxygen atoms in total. The second kappa shape index (κ2) is 10.6. The molecule has 0 amide bonds. The van der Waals surface area contributed by atoms with Gasteiger partial charge in [-0.1, -0.05) is 26.2 Å². The minimum absolute atomic E-state index is 0.688. The molecular formula is C17H37N3. The number of hydrogen-bond acceptors (Lipinski definition) is 3. The summed E-state index contributed by atoms with van der Waals surface area (Å²) in [6.07, 6.45) is 8.17. The molecule has 1 rings (SSSR count). The lowest BCUT2D eigenvalue weighted by atomic mass is 9.96. The Morgan fingerprint density at radius 3 is 2.50 bits per heavy atom. The summed E-state index contributed by atoms with van der Waals surface area (Å²) >= 11 is 0. The van der Waals surface area contributed by atoms with E-state index in [4.69, 9.17) is 0 Å². The molecule has 3 heteroatoms. The van der Waals surface area contributed by atoms with Crippen molar-refractivity contribution in [1.29, 1.82) is 0 Å². The summed E-state index contributed by atoms with van der Waals surface area (Å²) in [6.45, 7) is 10.9. The quantitative estimate of drug-likeness (QED) is 0.622. The van der Waals surface area contributed by atoms with E-state index in [0.29, 0.717) is 6.04 Å². The fourth-order valence-corrected chi connectivity index (χ4v) is 3.18. The third kappa shape index (κ3) is 8.23. The van der Waals surface area contributed by atoms with E-state index in [-0.39, 0.29) is 0 Å². The van der Waals surface area contributed by atoms with Gasteiger partial charge in [-0.3, -0.25) is 0 Å². The molecule has 20 heavy (non-hydrogen) atoms. The molecule has 0 saturated carbocycles. The van der Waals surface area contributed by atoms with Crippen LogP contribution < -0.4 is 5.32 Å². The maximum Gasteiger partial charge on any atom is 0.0107 e. The lowest BCUT2D eigenvalue weighted by Crippen LogP contribution is -2.41. The van der Waals surface area contributed by atoms with Gasteiger partial charge in [-0.2, -0.15) is 0 Å². The Hall–Kier alpha value is -0.120. The van der Waals surface area contributed by atoms with Crippen molar-refractivity contribution in [2.45, 2.75) is 58.4 Å². The smallest absolute Gasteiger partial charge is 0.0107 e. The first-order chi connectivity index (χ1) is 9.61. The normalized spacial score (nSPS) is 19.6. The molecule has 0 aliphatic carbocycles. The molecule has 1 unspecified atom stereocenters. The van der Waals surface area contributed by atoms with Gasteiger partial charge in [-0.15, -0.1) is 0 Å². The lowest BCUT2D eigenvalue weighted by Gasteiger charge is -2.33. The topological polar surface area (TPSA) is 18.5 Å². The van der Waals surface area contributed by atoms with Gasteiger partial charge in [0.25, 0.3) is 0 Å². The number of nitrogens with one attached hydrogen (secondary N) is 1. The maximum absolute atomic E-state index is 3.68. The van der Waals surface area contributed by atoms with Gasteiger partial charge >= 0.3 is 0 Å². The Balaban J connectivity index is 2.01. The third-order valence-electron chi connectivity index (χ3n) is 4.49. The molecule has 0 radical (unpaired) electrons. The summed E-state index contributed by atoms with van der Waals surface area (Å²) < 4.78 is 0. The van der Waals surface area contributed by atoms with E-state index in [9.17, 15) is 0 Å². The average molecular weight is 284 g/mol. The van der Waals surface area contributed by atoms with Crippen LogP contribution in [0.25, 0.3) is 0 Å². The summed E-state index contributed by atoms with van der Waals surface area (Å²) in [5, 5.41) is 3.68. The van der Waals surface area contributed by atoms with Crippen LogP contribution in [0.15, 0.2) is 0 Å². The second-order valence-corrected chi connectivity index (χ2v) is 6.90. The van der Waals surface area contributed by atoms with E-state index in [1.54, 1.807) is 0 Å². The van der Waals surface area contributed by atoms with Gasteiger partial charge in [0.05, 0.1) is 0 Å². The maximum atomic E-state index is 3.68. The van der Waals surface area contributed by atoms with Crippen molar-refractivity contribution in [2.24, 2.45) is 5.92 Å². The zero-order valence-corrected chi connectivity index (χ0v) is 14.3. The van der Waals surface area contributed by atoms with E-state index in [1.165, 1.54) is 64.7 Å². The first kappa shape index (κ1) is 17.9. The van der Waals surface area contributed by atoms with Crippen LogP contribution in [0.1, 0.15) is 52.4 Å². The monoisotopic (exact) mass is 283 g/mol. The summed E-state index contributed by atoms with van der Waals surface area (Å²) in [4.78, 5) is 4.97. The van der Waals surface area contributed by atoms with Crippen LogP contribution in [0.5, 0.6) is 0 Å². The minimum Gasteiger partial charge on any atom is -0.313 e. The highest BCUT2D eigenvalue weighted by Crippen LogP contribution is 2.17. The van der Waals surface area contributed by atoms with Crippen molar-refractivity contribution in [1.82, 2.24) is 15.1 Å². The van der Waals surface area contributed by atoms with Crippen molar-refractivity contribution in [2.75, 3.05) is 46.8 Å². The predicted molar refractivity (Wildman–Crippen MR) is 89.3 cm³/mol. The standard InChI is InChI=1S/C17H37N3/c1-5-6-7-8-16(2)18-11-14-20-12-9-17(10-13-20)15-19(3)4/h16-18H,5-15H2,1-4H3. The molecule has 0 aromatic heterocycles. The Kier molecular flexibility index (Phi) is 9.49. The summed E-state index contributed by atoms with van der Waals surface area (Å²) in [5.74, 6) is 0.919. The SMILES string of the molecule is CCCCCC(C)NCCN1CCC(CN(C)C)CC1. The second-order valence-electron chi connectivity index (χ2n) is 6.90. The summed E-state index contributed by atoms with van der Waals surface area (Å²) in [6, 6.07) is 0.688. The van der Waals surface area contributed by atoms with Crippen molar-refractivity contribution < 1.29 is 0 Å². The average Bonchev–Trinajstić information content (AvgIpc) is 2.40. The Bertz CT molecular complexity index is 222. The number of nitrogens with zero attached hydrogens (tertiary/aromatic N) is 2. The lowest BCUT2D eigenvalue weighted by molar-refractivity contribution is 0.162. The molecule has 1 N–H and O–H groups in total. The van der Waals surface area contributed by atoms with Gasteiger partial charge in [0.15, 0.2) is 0 Å². The molecule has 1 heterocycles. The van der Waals surface area contributed by atoms with Gasteiger partial charge in [0.2, 0.25) is 0 Å². The molecule has 1 aliphatic rings. The van der Waals surface area contributed by atoms with Crippen molar-refractivity contribution >= 4 is 0 Å². The number of likely N-dealkylation sites (tertiary alicyclic amines) is 1. The Morgan fingerprint density at radius 2 is 1.90 bits per heavy atom. The van der Waals surface area contributed by atoms with Gasteiger partial charge < -0.3 is 15.1 Å². The van der Waals surface area contributed by atoms with Crippen LogP contribution in [-0.2, 0) is 0 Å². The molecule has 0 aromatic rings. The van der Waals surface area contributed by atoms with Gasteiger partial charge in [0, 0.05) is 25.7 Å². The van der Waals surface area contributed by atoms with Crippen LogP contribution in [0, 0.1) is 5.92 Å². The van der Waals surface area contributed by atoms with Crippen LogP contribution in [-0.4, -0.2) is 62.7 Å². The Labute approximate surface area is 127 Å². The van der Waals surface area contributed by atoms with Crippen LogP contribution in [0.3, 0.4) is 0 Å². The van der Waals surface area contributed by atoms with E-state index in [2.05, 4.69) is 43.1 Å². The van der Waals surface area contributed by atoms with Gasteiger partial charge in [0.1, 0.15) is 0 Å². The molecule has 0 aromatic carbocycles. The van der Waals surface area contributed by atoms with E-state index in [0.717, 1.165) is 12.5 Å². The first-order valence-corrected chi connectivity index (χ1v) is 8.72. The molecule has 0 bridgehead atoms. The predicted octanol–water partition coefficient (Wildman–Crippen LogP) is 2.82. The molecule has 1 aliphatic heterocycles. The van der Waals surface area contributed by atoms with Gasteiger partial charge in [-0.05, 0) is 59.3 Å². The zero-order chi connectivity index (χ0) is 14.8. The molecule has 1 saturated heterocycles. The molecule has 0 spiro atoms. The van der Waals surface area contributed by atoms with E-state index >= 15 is 0 Å². The number of hydrogen-bond donors (Lipinski definition) is 1. The molecule has 120 valence electrons. The Morgan fingerprint density at radius 1 is 1.20 bits per heavy atom. The third-order valence-corrected chi connectivity index (χ3v) is 4.49. The zero-order valence-electron chi connectivity index (χ0n) is 14.3. The van der Waals surface area contributed by atoms with Crippen LogP contribution in [0.4, 0.5) is 0 Å². The fourth-order valence-electron chi connectivity index (χ4n) is 3.18. The molecule has 1 fully saturated rings. The highest BCUT2D eigenvalue weighted by atomic mass is 15.1. The van der Waals surface area contributed by atoms with Crippen LogP contribution in [0.2, 0.25) is 0 Å². The fraction of sp³-hybridized carbons (Fsp3) is 1.00. The summed E-state index contributed by atoms with van der Waals surface area (Å²) in [7, 11) is 4.38. The summed E-state index contributed by atoms with van der Waals surface area (Å²) in [5.41, 5.74) is 0. The number of rotatable bonds is 10. The minimum atomic E-state index is 0.688. The number of piperidine rings is 1. The van der Waals surface area contributed by atoms with Crippen molar-refractivity contribution in [3.63, 3.8) is 0 Å². The van der Waals surface area contributed by atoms with Gasteiger partial charge in [-0.25, -0.2) is 0 Å². The highest BCUT2D eigenvalue weighted by molar-refractivity contribution is 4.74. The van der Waals surface area contributed by atoms with E-state index < -0.39 is 0 Å².